The van der Waals surface area contributed by atoms with Gasteiger partial charge in [-0.1, -0.05) is 0 Å². The SMILES string of the molecule is COc1cc(/C=C/C(=O)N2CCN(c3ccnc(N4CCCC4)n3)CC2)cc(OC)c1OC. The van der Waals surface area contributed by atoms with Crippen LogP contribution in [0.3, 0.4) is 0 Å². The third-order valence-electron chi connectivity index (χ3n) is 6.04. The number of methoxy groups -OCH3 is 3. The molecule has 3 heterocycles. The molecule has 9 heteroatoms. The van der Waals surface area contributed by atoms with Crippen LogP contribution in [0.5, 0.6) is 17.2 Å². The lowest BCUT2D eigenvalue weighted by Gasteiger charge is -2.35. The van der Waals surface area contributed by atoms with E-state index in [1.165, 1.54) is 12.8 Å². The lowest BCUT2D eigenvalue weighted by atomic mass is 10.1. The van der Waals surface area contributed by atoms with Gasteiger partial charge in [-0.05, 0) is 42.7 Å². The van der Waals surface area contributed by atoms with Crippen LogP contribution >= 0.6 is 0 Å². The van der Waals surface area contributed by atoms with Gasteiger partial charge in [0.1, 0.15) is 5.82 Å². The minimum atomic E-state index is -0.0242. The van der Waals surface area contributed by atoms with Gasteiger partial charge in [-0.3, -0.25) is 4.79 Å². The monoisotopic (exact) mass is 453 g/mol. The number of hydrogen-bond acceptors (Lipinski definition) is 8. The summed E-state index contributed by atoms with van der Waals surface area (Å²) >= 11 is 0. The van der Waals surface area contributed by atoms with E-state index in [2.05, 4.69) is 14.8 Å². The van der Waals surface area contributed by atoms with E-state index in [-0.39, 0.29) is 5.91 Å². The van der Waals surface area contributed by atoms with Crippen LogP contribution in [-0.2, 0) is 4.79 Å². The molecule has 0 saturated carbocycles. The molecule has 0 N–H and O–H groups in total. The van der Waals surface area contributed by atoms with Crippen molar-refractivity contribution in [2.45, 2.75) is 12.8 Å². The van der Waals surface area contributed by atoms with Crippen molar-refractivity contribution in [3.8, 4) is 17.2 Å². The Balaban J connectivity index is 1.37. The summed E-state index contributed by atoms with van der Waals surface area (Å²) in [6.45, 7) is 4.79. The summed E-state index contributed by atoms with van der Waals surface area (Å²) < 4.78 is 16.1. The standard InChI is InChI=1S/C24H31N5O4/c1-31-19-16-18(17-20(32-2)23(19)33-3)6-7-22(30)28-14-12-27(13-15-28)21-8-9-25-24(26-21)29-10-4-5-11-29/h6-9,16-17H,4-5,10-15H2,1-3H3/b7-6+. The molecule has 0 spiro atoms. The predicted octanol–water partition coefficient (Wildman–Crippen LogP) is 2.46. The molecule has 2 aromatic rings. The quantitative estimate of drug-likeness (QED) is 0.592. The lowest BCUT2D eigenvalue weighted by molar-refractivity contribution is -0.126. The third-order valence-corrected chi connectivity index (χ3v) is 6.04. The number of carbonyl (C=O) groups excluding carboxylic acids is 1. The molecule has 1 aromatic heterocycles. The first-order chi connectivity index (χ1) is 16.1. The van der Waals surface area contributed by atoms with Crippen LogP contribution in [0.25, 0.3) is 6.08 Å². The minimum Gasteiger partial charge on any atom is -0.493 e. The molecule has 33 heavy (non-hydrogen) atoms. The smallest absolute Gasteiger partial charge is 0.246 e. The van der Waals surface area contributed by atoms with E-state index >= 15 is 0 Å². The van der Waals surface area contributed by atoms with Gasteiger partial charge in [0.25, 0.3) is 0 Å². The second-order valence-electron chi connectivity index (χ2n) is 8.01. The molecule has 1 aromatic carbocycles. The zero-order chi connectivity index (χ0) is 23.2. The second kappa shape index (κ2) is 10.4. The van der Waals surface area contributed by atoms with Crippen molar-refractivity contribution in [2.24, 2.45) is 0 Å². The molecule has 0 aliphatic carbocycles. The van der Waals surface area contributed by atoms with Gasteiger partial charge in [-0.25, -0.2) is 4.98 Å². The van der Waals surface area contributed by atoms with Gasteiger partial charge < -0.3 is 28.9 Å². The summed E-state index contributed by atoms with van der Waals surface area (Å²) in [6, 6.07) is 5.58. The highest BCUT2D eigenvalue weighted by molar-refractivity contribution is 5.92. The summed E-state index contributed by atoms with van der Waals surface area (Å²) in [7, 11) is 4.70. The Morgan fingerprint density at radius 2 is 1.58 bits per heavy atom. The third kappa shape index (κ3) is 5.13. The molecule has 0 radical (unpaired) electrons. The maximum atomic E-state index is 12.8. The molecule has 2 aliphatic rings. The van der Waals surface area contributed by atoms with Crippen LogP contribution in [0, 0.1) is 0 Å². The summed E-state index contributed by atoms with van der Waals surface area (Å²) in [5, 5.41) is 0. The van der Waals surface area contributed by atoms with Crippen molar-refractivity contribution in [1.29, 1.82) is 0 Å². The number of ether oxygens (including phenoxy) is 3. The maximum Gasteiger partial charge on any atom is 0.246 e. The predicted molar refractivity (Wildman–Crippen MR) is 127 cm³/mol. The van der Waals surface area contributed by atoms with Crippen molar-refractivity contribution >= 4 is 23.7 Å². The summed E-state index contributed by atoms with van der Waals surface area (Å²) in [4.78, 5) is 28.3. The number of anilines is 2. The molecule has 2 fully saturated rings. The second-order valence-corrected chi connectivity index (χ2v) is 8.01. The van der Waals surface area contributed by atoms with Gasteiger partial charge in [0.2, 0.25) is 17.6 Å². The van der Waals surface area contributed by atoms with E-state index in [0.717, 1.165) is 43.5 Å². The van der Waals surface area contributed by atoms with Gasteiger partial charge >= 0.3 is 0 Å². The van der Waals surface area contributed by atoms with Gasteiger partial charge in [-0.15, -0.1) is 0 Å². The first-order valence-electron chi connectivity index (χ1n) is 11.2. The molecular formula is C24H31N5O4. The van der Waals surface area contributed by atoms with Crippen molar-refractivity contribution < 1.29 is 19.0 Å². The molecule has 2 saturated heterocycles. The Labute approximate surface area is 194 Å². The fourth-order valence-corrected chi connectivity index (χ4v) is 4.21. The Kier molecular flexibility index (Phi) is 7.16. The molecule has 9 nitrogen and oxygen atoms in total. The highest BCUT2D eigenvalue weighted by Gasteiger charge is 2.22. The topological polar surface area (TPSA) is 80.3 Å². The number of hydrogen-bond donors (Lipinski definition) is 0. The summed E-state index contributed by atoms with van der Waals surface area (Å²) in [5.41, 5.74) is 0.798. The molecule has 1 amide bonds. The van der Waals surface area contributed by atoms with E-state index in [0.29, 0.717) is 30.3 Å². The van der Waals surface area contributed by atoms with E-state index in [9.17, 15) is 4.79 Å². The van der Waals surface area contributed by atoms with Crippen molar-refractivity contribution in [3.63, 3.8) is 0 Å². The Hall–Kier alpha value is -3.49. The van der Waals surface area contributed by atoms with Gasteiger partial charge in [0.15, 0.2) is 11.5 Å². The molecule has 2 aliphatic heterocycles. The number of rotatable bonds is 7. The van der Waals surface area contributed by atoms with E-state index in [4.69, 9.17) is 19.2 Å². The highest BCUT2D eigenvalue weighted by Crippen LogP contribution is 2.38. The minimum absolute atomic E-state index is 0.0242. The first-order valence-corrected chi connectivity index (χ1v) is 11.2. The van der Waals surface area contributed by atoms with Crippen LogP contribution < -0.4 is 24.0 Å². The van der Waals surface area contributed by atoms with Crippen molar-refractivity contribution in [3.05, 3.63) is 36.0 Å². The van der Waals surface area contributed by atoms with Gasteiger partial charge in [-0.2, -0.15) is 4.98 Å². The van der Waals surface area contributed by atoms with Gasteiger partial charge in [0, 0.05) is 51.5 Å². The zero-order valence-corrected chi connectivity index (χ0v) is 19.5. The van der Waals surface area contributed by atoms with Crippen LogP contribution in [0.15, 0.2) is 30.5 Å². The molecule has 0 bridgehead atoms. The Morgan fingerprint density at radius 1 is 0.909 bits per heavy atom. The number of carbonyl (C=O) groups is 1. The van der Waals surface area contributed by atoms with Crippen LogP contribution in [0.4, 0.5) is 11.8 Å². The summed E-state index contributed by atoms with van der Waals surface area (Å²) in [5.74, 6) is 3.33. The average Bonchev–Trinajstić information content (AvgIpc) is 3.42. The first kappa shape index (κ1) is 22.7. The maximum absolute atomic E-state index is 12.8. The van der Waals surface area contributed by atoms with Crippen molar-refractivity contribution in [1.82, 2.24) is 14.9 Å². The fraction of sp³-hybridized carbons (Fsp3) is 0.458. The lowest BCUT2D eigenvalue weighted by Crippen LogP contribution is -2.48. The number of aromatic nitrogens is 2. The molecule has 0 atom stereocenters. The molecule has 4 rings (SSSR count). The van der Waals surface area contributed by atoms with E-state index < -0.39 is 0 Å². The number of amides is 1. The van der Waals surface area contributed by atoms with Crippen LogP contribution in [0.1, 0.15) is 18.4 Å². The van der Waals surface area contributed by atoms with Crippen molar-refractivity contribution in [2.75, 3.05) is 70.4 Å². The normalized spacial score (nSPS) is 16.4. The molecule has 0 unspecified atom stereocenters. The van der Waals surface area contributed by atoms with E-state index in [1.54, 1.807) is 33.5 Å². The van der Waals surface area contributed by atoms with Gasteiger partial charge in [0.05, 0.1) is 21.3 Å². The summed E-state index contributed by atoms with van der Waals surface area (Å²) in [6.07, 6.45) is 7.57. The largest absolute Gasteiger partial charge is 0.493 e. The highest BCUT2D eigenvalue weighted by atomic mass is 16.5. The number of benzene rings is 1. The van der Waals surface area contributed by atoms with Crippen LogP contribution in [-0.4, -0.2) is 81.4 Å². The Morgan fingerprint density at radius 3 is 2.18 bits per heavy atom. The number of nitrogens with zero attached hydrogens (tertiary/aromatic N) is 5. The zero-order valence-electron chi connectivity index (χ0n) is 19.5. The molecule has 176 valence electrons. The molecular weight excluding hydrogens is 422 g/mol. The average molecular weight is 454 g/mol. The van der Waals surface area contributed by atoms with Crippen LogP contribution in [0.2, 0.25) is 0 Å². The number of piperazine rings is 1. The van der Waals surface area contributed by atoms with E-state index in [1.807, 2.05) is 29.3 Å². The fourth-order valence-electron chi connectivity index (χ4n) is 4.21. The Bertz CT molecular complexity index is 973.